The first-order valence-electron chi connectivity index (χ1n) is 5.18. The van der Waals surface area contributed by atoms with Crippen LogP contribution in [0.3, 0.4) is 0 Å². The van der Waals surface area contributed by atoms with Crippen LogP contribution in [-0.2, 0) is 6.54 Å². The summed E-state index contributed by atoms with van der Waals surface area (Å²) in [5.74, 6) is -0.201. The molecule has 1 aliphatic heterocycles. The van der Waals surface area contributed by atoms with Gasteiger partial charge in [-0.1, -0.05) is 24.3 Å². The predicted molar refractivity (Wildman–Crippen MR) is 55.7 cm³/mol. The largest absolute Gasteiger partial charge is 0.272 e. The zero-order valence-corrected chi connectivity index (χ0v) is 8.73. The summed E-state index contributed by atoms with van der Waals surface area (Å²) >= 11 is 0. The second-order valence-electron chi connectivity index (χ2n) is 3.74. The molecule has 0 aromatic heterocycles. The molecule has 3 nitrogen and oxygen atoms in total. The molecule has 80 valence electrons. The summed E-state index contributed by atoms with van der Waals surface area (Å²) in [5, 5.41) is 10.1. The van der Waals surface area contributed by atoms with Gasteiger partial charge in [0, 0.05) is 0 Å². The van der Waals surface area contributed by atoms with Crippen LogP contribution in [0.15, 0.2) is 34.6 Å². The van der Waals surface area contributed by atoms with Gasteiger partial charge in [-0.25, -0.2) is 4.39 Å². The Morgan fingerprint density at radius 3 is 2.73 bits per heavy atom. The molecule has 0 aliphatic carbocycles. The van der Waals surface area contributed by atoms with Gasteiger partial charge in [-0.05, 0) is 24.1 Å². The molecule has 2 rings (SSSR count). The van der Waals surface area contributed by atoms with Crippen LogP contribution in [0.1, 0.15) is 18.9 Å². The molecule has 0 amide bonds. The minimum Gasteiger partial charge on any atom is -0.272 e. The fourth-order valence-corrected chi connectivity index (χ4v) is 1.57. The van der Waals surface area contributed by atoms with E-state index in [1.807, 2.05) is 5.01 Å². The highest BCUT2D eigenvalue weighted by Crippen LogP contribution is 2.15. The van der Waals surface area contributed by atoms with Crippen molar-refractivity contribution in [2.24, 2.45) is 10.3 Å². The van der Waals surface area contributed by atoms with E-state index in [0.717, 1.165) is 18.5 Å². The van der Waals surface area contributed by atoms with E-state index in [4.69, 9.17) is 0 Å². The number of rotatable bonds is 3. The van der Waals surface area contributed by atoms with E-state index in [2.05, 4.69) is 17.3 Å². The third kappa shape index (κ3) is 2.52. The molecule has 1 aromatic carbocycles. The maximum atomic E-state index is 12.7. The lowest BCUT2D eigenvalue weighted by atomic mass is 10.2. The summed E-state index contributed by atoms with van der Waals surface area (Å²) in [6.45, 7) is 3.68. The van der Waals surface area contributed by atoms with E-state index in [0.29, 0.717) is 12.6 Å². The molecular weight excluding hydrogens is 193 g/mol. The zero-order chi connectivity index (χ0) is 10.7. The Morgan fingerprint density at radius 1 is 1.40 bits per heavy atom. The van der Waals surface area contributed by atoms with Crippen LogP contribution >= 0.6 is 0 Å². The van der Waals surface area contributed by atoms with Gasteiger partial charge >= 0.3 is 0 Å². The lowest BCUT2D eigenvalue weighted by molar-refractivity contribution is 0.299. The van der Waals surface area contributed by atoms with Gasteiger partial charge in [0.2, 0.25) is 0 Å². The van der Waals surface area contributed by atoms with Crippen LogP contribution in [0.2, 0.25) is 0 Å². The summed E-state index contributed by atoms with van der Waals surface area (Å²) in [7, 11) is 0. The normalized spacial score (nSPS) is 19.9. The molecule has 1 unspecified atom stereocenters. The topological polar surface area (TPSA) is 28.0 Å². The third-order valence-corrected chi connectivity index (χ3v) is 2.51. The van der Waals surface area contributed by atoms with Crippen LogP contribution in [0, 0.1) is 5.82 Å². The SMILES string of the molecule is CCC1CN(Cc2ccc(F)cc2)N=N1. The van der Waals surface area contributed by atoms with Crippen LogP contribution in [0.4, 0.5) is 4.39 Å². The molecule has 0 fully saturated rings. The second kappa shape index (κ2) is 4.38. The molecule has 1 aliphatic rings. The molecule has 0 radical (unpaired) electrons. The number of nitrogens with zero attached hydrogens (tertiary/aromatic N) is 3. The molecule has 4 heteroatoms. The molecule has 1 heterocycles. The van der Waals surface area contributed by atoms with Crippen molar-refractivity contribution in [2.45, 2.75) is 25.9 Å². The van der Waals surface area contributed by atoms with Crippen molar-refractivity contribution >= 4 is 0 Å². The number of hydrogen-bond acceptors (Lipinski definition) is 3. The molecule has 15 heavy (non-hydrogen) atoms. The second-order valence-corrected chi connectivity index (χ2v) is 3.74. The van der Waals surface area contributed by atoms with Gasteiger partial charge < -0.3 is 0 Å². The molecule has 1 aromatic rings. The standard InChI is InChI=1S/C11H14FN3/c1-2-11-8-15(14-13-11)7-9-3-5-10(12)6-4-9/h3-6,11H,2,7-8H2,1H3. The Bertz CT molecular complexity index is 347. The lowest BCUT2D eigenvalue weighted by Gasteiger charge is -2.12. The maximum absolute atomic E-state index is 12.7. The van der Waals surface area contributed by atoms with Gasteiger partial charge in [-0.15, -0.1) is 0 Å². The summed E-state index contributed by atoms with van der Waals surface area (Å²) in [6.07, 6.45) is 1.02. The Hall–Kier alpha value is -1.45. The van der Waals surface area contributed by atoms with Crippen LogP contribution in [0.25, 0.3) is 0 Å². The van der Waals surface area contributed by atoms with E-state index in [-0.39, 0.29) is 5.82 Å². The van der Waals surface area contributed by atoms with Crippen LogP contribution < -0.4 is 0 Å². The van der Waals surface area contributed by atoms with Crippen molar-refractivity contribution < 1.29 is 4.39 Å². The molecule has 0 bridgehead atoms. The van der Waals surface area contributed by atoms with Gasteiger partial charge in [0.15, 0.2) is 0 Å². The summed E-state index contributed by atoms with van der Waals surface area (Å²) in [5.41, 5.74) is 1.06. The Labute approximate surface area is 88.6 Å². The lowest BCUT2D eigenvalue weighted by Crippen LogP contribution is -2.19. The molecule has 0 saturated carbocycles. The molecule has 0 spiro atoms. The minimum atomic E-state index is -0.201. The van der Waals surface area contributed by atoms with Gasteiger partial charge in [0.25, 0.3) is 0 Å². The third-order valence-electron chi connectivity index (χ3n) is 2.51. The fourth-order valence-electron chi connectivity index (χ4n) is 1.57. The summed E-state index contributed by atoms with van der Waals surface area (Å²) in [4.78, 5) is 0. The van der Waals surface area contributed by atoms with Gasteiger partial charge in [-0.2, -0.15) is 5.11 Å². The Balaban J connectivity index is 1.93. The molecular formula is C11H14FN3. The number of hydrogen-bond donors (Lipinski definition) is 0. The average Bonchev–Trinajstić information content (AvgIpc) is 2.69. The van der Waals surface area contributed by atoms with Crippen LogP contribution in [0.5, 0.6) is 0 Å². The van der Waals surface area contributed by atoms with Crippen molar-refractivity contribution in [1.29, 1.82) is 0 Å². The van der Waals surface area contributed by atoms with Crippen molar-refractivity contribution in [3.63, 3.8) is 0 Å². The number of halogens is 1. The van der Waals surface area contributed by atoms with E-state index in [1.54, 1.807) is 12.1 Å². The quantitative estimate of drug-likeness (QED) is 0.749. The fraction of sp³-hybridized carbons (Fsp3) is 0.455. The highest BCUT2D eigenvalue weighted by Gasteiger charge is 2.16. The van der Waals surface area contributed by atoms with E-state index in [9.17, 15) is 4.39 Å². The van der Waals surface area contributed by atoms with E-state index in [1.165, 1.54) is 12.1 Å². The first-order chi connectivity index (χ1) is 7.28. The molecule has 0 N–H and O–H groups in total. The van der Waals surface area contributed by atoms with Gasteiger partial charge in [0.05, 0.1) is 19.1 Å². The van der Waals surface area contributed by atoms with Crippen molar-refractivity contribution in [2.75, 3.05) is 6.54 Å². The minimum absolute atomic E-state index is 0.201. The van der Waals surface area contributed by atoms with Gasteiger partial charge in [-0.3, -0.25) is 5.01 Å². The highest BCUT2D eigenvalue weighted by atomic mass is 19.1. The smallest absolute Gasteiger partial charge is 0.123 e. The summed E-state index contributed by atoms with van der Waals surface area (Å²) < 4.78 is 12.7. The molecule has 0 saturated heterocycles. The highest BCUT2D eigenvalue weighted by molar-refractivity contribution is 5.15. The molecule has 1 atom stereocenters. The monoisotopic (exact) mass is 207 g/mol. The predicted octanol–water partition coefficient (Wildman–Crippen LogP) is 2.79. The van der Waals surface area contributed by atoms with E-state index < -0.39 is 0 Å². The van der Waals surface area contributed by atoms with E-state index >= 15 is 0 Å². The van der Waals surface area contributed by atoms with Crippen molar-refractivity contribution in [3.8, 4) is 0 Å². The zero-order valence-electron chi connectivity index (χ0n) is 8.73. The first kappa shape index (κ1) is 10.1. The maximum Gasteiger partial charge on any atom is 0.123 e. The van der Waals surface area contributed by atoms with Crippen molar-refractivity contribution in [1.82, 2.24) is 5.01 Å². The summed E-state index contributed by atoms with van der Waals surface area (Å²) in [6, 6.07) is 6.83. The van der Waals surface area contributed by atoms with Gasteiger partial charge in [0.1, 0.15) is 5.82 Å². The van der Waals surface area contributed by atoms with Crippen molar-refractivity contribution in [3.05, 3.63) is 35.6 Å². The van der Waals surface area contributed by atoms with Crippen LogP contribution in [-0.4, -0.2) is 17.6 Å². The number of benzene rings is 1. The first-order valence-corrected chi connectivity index (χ1v) is 5.18. The average molecular weight is 207 g/mol. The Morgan fingerprint density at radius 2 is 2.13 bits per heavy atom. The Kier molecular flexibility index (Phi) is 2.94.